The summed E-state index contributed by atoms with van der Waals surface area (Å²) in [5, 5.41) is 0. The topological polar surface area (TPSA) is 6.48 Å². The maximum atomic E-state index is 3.84. The Hall–Kier alpha value is -5.00. The molecule has 2 aliphatic carbocycles. The first-order valence-corrected chi connectivity index (χ1v) is 15.0. The molecule has 43 heavy (non-hydrogen) atoms. The van der Waals surface area contributed by atoms with E-state index < -0.39 is 0 Å². The van der Waals surface area contributed by atoms with Gasteiger partial charge in [0.1, 0.15) is 6.04 Å². The van der Waals surface area contributed by atoms with Crippen molar-refractivity contribution in [3.63, 3.8) is 0 Å². The van der Waals surface area contributed by atoms with Crippen molar-refractivity contribution in [3.05, 3.63) is 168 Å². The molecule has 0 heterocycles. The van der Waals surface area contributed by atoms with Gasteiger partial charge < -0.3 is 9.80 Å². The van der Waals surface area contributed by atoms with Crippen LogP contribution in [0.5, 0.6) is 0 Å². The molecule has 5 rings (SSSR count). The van der Waals surface area contributed by atoms with Crippen molar-refractivity contribution in [1.82, 2.24) is 0 Å². The smallest absolute Gasteiger partial charge is 0.114 e. The molecule has 1 atom stereocenters. The van der Waals surface area contributed by atoms with E-state index in [0.29, 0.717) is 0 Å². The summed E-state index contributed by atoms with van der Waals surface area (Å²) in [5.74, 6) is 6.91. The van der Waals surface area contributed by atoms with Crippen molar-refractivity contribution in [3.8, 4) is 11.8 Å². The van der Waals surface area contributed by atoms with Crippen LogP contribution in [0, 0.1) is 25.7 Å². The molecule has 0 radical (unpaired) electrons. The van der Waals surface area contributed by atoms with E-state index in [1.165, 1.54) is 22.5 Å². The van der Waals surface area contributed by atoms with Crippen LogP contribution in [0.25, 0.3) is 5.57 Å². The standard InChI is InChI=1S/C41H40N2/c1-6-14-31(2)29-34(5)42(37-16-9-7-10-17-37)40-27-24-36(25-28-40)35-15-13-20-39(26-23-35)43(38-18-11-8-12-19-38)41-30-32(3)21-22-33(41)4/h6-7,9-11,14-19,21-30,39H,1,8,12H2,2-5H3/b31-14-,34-29+. The van der Waals surface area contributed by atoms with Crippen LogP contribution in [-0.4, -0.2) is 6.04 Å². The first-order valence-electron chi connectivity index (χ1n) is 15.0. The number of anilines is 3. The Balaban J connectivity index is 1.44. The van der Waals surface area contributed by atoms with E-state index in [9.17, 15) is 0 Å². The summed E-state index contributed by atoms with van der Waals surface area (Å²) in [7, 11) is 0. The van der Waals surface area contributed by atoms with Gasteiger partial charge in [-0.3, -0.25) is 0 Å². The fourth-order valence-corrected chi connectivity index (χ4v) is 5.60. The number of para-hydroxylation sites is 1. The third kappa shape index (κ3) is 7.08. The average Bonchev–Trinajstić information content (AvgIpc) is 3.27. The van der Waals surface area contributed by atoms with Crippen molar-refractivity contribution >= 4 is 22.6 Å². The van der Waals surface area contributed by atoms with E-state index in [1.807, 2.05) is 24.3 Å². The number of benzene rings is 3. The van der Waals surface area contributed by atoms with E-state index in [1.54, 1.807) is 0 Å². The molecule has 0 aliphatic heterocycles. The summed E-state index contributed by atoms with van der Waals surface area (Å²) in [6, 6.07) is 25.8. The van der Waals surface area contributed by atoms with Crippen LogP contribution in [0.3, 0.4) is 0 Å². The van der Waals surface area contributed by atoms with Crippen molar-refractivity contribution in [2.45, 2.75) is 46.6 Å². The van der Waals surface area contributed by atoms with Crippen molar-refractivity contribution < 1.29 is 0 Å². The quantitative estimate of drug-likeness (QED) is 0.190. The summed E-state index contributed by atoms with van der Waals surface area (Å²) in [5.41, 5.74) is 11.7. The molecular formula is C41H40N2. The maximum Gasteiger partial charge on any atom is 0.114 e. The van der Waals surface area contributed by atoms with E-state index in [0.717, 1.165) is 46.6 Å². The Kier molecular flexibility index (Phi) is 9.45. The Labute approximate surface area is 258 Å². The van der Waals surface area contributed by atoms with Gasteiger partial charge >= 0.3 is 0 Å². The molecule has 2 nitrogen and oxygen atoms in total. The zero-order valence-electron chi connectivity index (χ0n) is 25.7. The van der Waals surface area contributed by atoms with Crippen LogP contribution in [-0.2, 0) is 0 Å². The number of aryl methyl sites for hydroxylation is 2. The highest BCUT2D eigenvalue weighted by Gasteiger charge is 2.21. The van der Waals surface area contributed by atoms with Gasteiger partial charge in [-0.1, -0.05) is 91.3 Å². The largest absolute Gasteiger partial charge is 0.324 e. The van der Waals surface area contributed by atoms with Gasteiger partial charge in [-0.2, -0.15) is 0 Å². The SMILES string of the molecule is C=C/C=C(C)\C=C(/C)N(c1ccccc1)c1ccc(C2=CC#CC(N(C3=CCCC=C3)c3cc(C)ccc3C)C=C2)cc1. The summed E-state index contributed by atoms with van der Waals surface area (Å²) in [4.78, 5) is 4.67. The molecule has 0 bridgehead atoms. The predicted octanol–water partition coefficient (Wildman–Crippen LogP) is 10.5. The molecule has 0 N–H and O–H groups in total. The summed E-state index contributed by atoms with van der Waals surface area (Å²) >= 11 is 0. The molecular weight excluding hydrogens is 520 g/mol. The van der Waals surface area contributed by atoms with Gasteiger partial charge in [0, 0.05) is 28.5 Å². The molecule has 0 aromatic heterocycles. The molecule has 0 spiro atoms. The highest BCUT2D eigenvalue weighted by molar-refractivity contribution is 5.80. The first-order chi connectivity index (χ1) is 20.9. The van der Waals surface area contributed by atoms with Crippen LogP contribution in [0.2, 0.25) is 0 Å². The molecule has 1 unspecified atom stereocenters. The van der Waals surface area contributed by atoms with Crippen LogP contribution in [0.4, 0.5) is 17.1 Å². The first kappa shape index (κ1) is 29.5. The Morgan fingerprint density at radius 1 is 0.907 bits per heavy atom. The Morgan fingerprint density at radius 3 is 2.40 bits per heavy atom. The lowest BCUT2D eigenvalue weighted by Crippen LogP contribution is -2.32. The van der Waals surface area contributed by atoms with Crippen molar-refractivity contribution in [2.24, 2.45) is 0 Å². The molecule has 3 aromatic rings. The molecule has 3 aromatic carbocycles. The van der Waals surface area contributed by atoms with Crippen LogP contribution in [0.15, 0.2) is 151 Å². The van der Waals surface area contributed by atoms with E-state index >= 15 is 0 Å². The van der Waals surface area contributed by atoms with Gasteiger partial charge in [-0.25, -0.2) is 0 Å². The summed E-state index contributed by atoms with van der Waals surface area (Å²) in [6.45, 7) is 12.4. The second-order valence-electron chi connectivity index (χ2n) is 11.1. The highest BCUT2D eigenvalue weighted by atomic mass is 15.2. The molecule has 214 valence electrons. The van der Waals surface area contributed by atoms with Gasteiger partial charge in [0.2, 0.25) is 0 Å². The minimum atomic E-state index is -0.0734. The third-order valence-corrected chi connectivity index (χ3v) is 7.72. The molecule has 2 heteroatoms. The van der Waals surface area contributed by atoms with Crippen LogP contribution < -0.4 is 9.80 Å². The lowest BCUT2D eigenvalue weighted by Gasteiger charge is -2.32. The number of allylic oxidation sites excluding steroid dienone is 11. The zero-order valence-corrected chi connectivity index (χ0v) is 25.7. The van der Waals surface area contributed by atoms with Gasteiger partial charge in [0.15, 0.2) is 0 Å². The van der Waals surface area contributed by atoms with Gasteiger partial charge in [0.25, 0.3) is 0 Å². The normalized spacial score (nSPS) is 16.4. The van der Waals surface area contributed by atoms with Crippen LogP contribution in [0.1, 0.15) is 43.4 Å². The predicted molar refractivity (Wildman–Crippen MR) is 186 cm³/mol. The second-order valence-corrected chi connectivity index (χ2v) is 11.1. The highest BCUT2D eigenvalue weighted by Crippen LogP contribution is 2.33. The van der Waals surface area contributed by atoms with Crippen molar-refractivity contribution in [1.29, 1.82) is 0 Å². The molecule has 0 saturated carbocycles. The fourth-order valence-electron chi connectivity index (χ4n) is 5.60. The minimum Gasteiger partial charge on any atom is -0.324 e. The zero-order chi connectivity index (χ0) is 30.2. The van der Waals surface area contributed by atoms with E-state index in [-0.39, 0.29) is 6.04 Å². The minimum absolute atomic E-state index is 0.0734. The third-order valence-electron chi connectivity index (χ3n) is 7.72. The number of hydrogen-bond acceptors (Lipinski definition) is 2. The number of hydrogen-bond donors (Lipinski definition) is 0. The van der Waals surface area contributed by atoms with Gasteiger partial charge in [0.05, 0.1) is 0 Å². The molecule has 0 saturated heterocycles. The fraction of sp³-hybridized carbons (Fsp3) is 0.171. The number of nitrogens with zero attached hydrogens (tertiary/aromatic N) is 2. The Morgan fingerprint density at radius 2 is 1.67 bits per heavy atom. The summed E-state index contributed by atoms with van der Waals surface area (Å²) in [6.07, 6.45) is 21.5. The lowest BCUT2D eigenvalue weighted by atomic mass is 10.0. The van der Waals surface area contributed by atoms with E-state index in [4.69, 9.17) is 0 Å². The van der Waals surface area contributed by atoms with Crippen molar-refractivity contribution in [2.75, 3.05) is 9.80 Å². The second kappa shape index (κ2) is 13.8. The van der Waals surface area contributed by atoms with E-state index in [2.05, 4.69) is 159 Å². The molecule has 0 fully saturated rings. The van der Waals surface area contributed by atoms with Gasteiger partial charge in [-0.05, 0) is 123 Å². The van der Waals surface area contributed by atoms with Crippen LogP contribution >= 0.6 is 0 Å². The monoisotopic (exact) mass is 560 g/mol. The lowest BCUT2D eigenvalue weighted by molar-refractivity contribution is 0.890. The average molecular weight is 561 g/mol. The molecule has 0 amide bonds. The number of rotatable bonds is 9. The maximum absolute atomic E-state index is 3.84. The van der Waals surface area contributed by atoms with Gasteiger partial charge in [-0.15, -0.1) is 0 Å². The summed E-state index contributed by atoms with van der Waals surface area (Å²) < 4.78 is 0. The Bertz CT molecular complexity index is 1710. The molecule has 2 aliphatic rings.